The van der Waals surface area contributed by atoms with Crippen LogP contribution < -0.4 is 5.32 Å². The summed E-state index contributed by atoms with van der Waals surface area (Å²) in [5, 5.41) is 3.34. The molecule has 2 atom stereocenters. The van der Waals surface area contributed by atoms with Gasteiger partial charge in [0, 0.05) is 5.92 Å². The molecular formula is C15H29NO. The van der Waals surface area contributed by atoms with E-state index in [4.69, 9.17) is 0 Å². The predicted molar refractivity (Wildman–Crippen MR) is 73.1 cm³/mol. The minimum Gasteiger partial charge on any atom is -0.307 e. The monoisotopic (exact) mass is 239 g/mol. The lowest BCUT2D eigenvalue weighted by Crippen LogP contribution is -2.35. The molecule has 0 bridgehead atoms. The van der Waals surface area contributed by atoms with E-state index in [0.717, 1.165) is 38.1 Å². The van der Waals surface area contributed by atoms with Gasteiger partial charge >= 0.3 is 0 Å². The van der Waals surface area contributed by atoms with E-state index in [1.54, 1.807) is 0 Å². The smallest absolute Gasteiger partial charge is 0.152 e. The molecule has 100 valence electrons. The van der Waals surface area contributed by atoms with Gasteiger partial charge in [0.2, 0.25) is 0 Å². The predicted octanol–water partition coefficient (Wildman–Crippen LogP) is 3.55. The second kappa shape index (κ2) is 7.86. The zero-order valence-corrected chi connectivity index (χ0v) is 11.8. The number of carbonyl (C=O) groups excluding carboxylic acids is 1. The van der Waals surface area contributed by atoms with Crippen molar-refractivity contribution < 1.29 is 4.79 Å². The van der Waals surface area contributed by atoms with Gasteiger partial charge in [-0.25, -0.2) is 0 Å². The highest BCUT2D eigenvalue weighted by atomic mass is 16.1. The number of carbonyl (C=O) groups is 1. The maximum atomic E-state index is 12.3. The van der Waals surface area contributed by atoms with Crippen molar-refractivity contribution in [2.45, 2.75) is 71.8 Å². The molecule has 1 saturated heterocycles. The summed E-state index contributed by atoms with van der Waals surface area (Å²) in [6.07, 6.45) is 8.00. The molecule has 17 heavy (non-hydrogen) atoms. The fraction of sp³-hybridized carbons (Fsp3) is 0.933. The van der Waals surface area contributed by atoms with Gasteiger partial charge in [-0.2, -0.15) is 0 Å². The van der Waals surface area contributed by atoms with Crippen molar-refractivity contribution >= 4 is 5.78 Å². The van der Waals surface area contributed by atoms with Crippen LogP contribution in [0.15, 0.2) is 0 Å². The van der Waals surface area contributed by atoms with Crippen LogP contribution in [0.4, 0.5) is 0 Å². The van der Waals surface area contributed by atoms with Crippen molar-refractivity contribution in [1.29, 1.82) is 0 Å². The Hall–Kier alpha value is -0.370. The molecule has 1 rings (SSSR count). The maximum absolute atomic E-state index is 12.3. The molecule has 0 aromatic rings. The lowest BCUT2D eigenvalue weighted by Gasteiger charge is -2.19. The molecule has 1 N–H and O–H groups in total. The van der Waals surface area contributed by atoms with E-state index in [2.05, 4.69) is 26.1 Å². The fourth-order valence-electron chi connectivity index (χ4n) is 2.76. The van der Waals surface area contributed by atoms with Crippen molar-refractivity contribution in [2.24, 2.45) is 11.8 Å². The summed E-state index contributed by atoms with van der Waals surface area (Å²) in [5.74, 6) is 1.57. The Morgan fingerprint density at radius 1 is 1.29 bits per heavy atom. The molecule has 0 spiro atoms. The Kier molecular flexibility index (Phi) is 6.79. The van der Waals surface area contributed by atoms with Crippen molar-refractivity contribution in [1.82, 2.24) is 5.32 Å². The summed E-state index contributed by atoms with van der Waals surface area (Å²) in [6, 6.07) is 0.172. The first kappa shape index (κ1) is 14.7. The molecule has 0 saturated carbocycles. The molecule has 1 aliphatic rings. The average molecular weight is 239 g/mol. The van der Waals surface area contributed by atoms with E-state index in [-0.39, 0.29) is 6.04 Å². The number of nitrogens with one attached hydrogen (secondary N) is 1. The van der Waals surface area contributed by atoms with E-state index < -0.39 is 0 Å². The minimum atomic E-state index is 0.172. The summed E-state index contributed by atoms with van der Waals surface area (Å²) >= 11 is 0. The Balaban J connectivity index is 2.37. The Morgan fingerprint density at radius 2 is 2.06 bits per heavy atom. The van der Waals surface area contributed by atoms with Crippen LogP contribution in [0, 0.1) is 11.8 Å². The first-order valence-electron chi connectivity index (χ1n) is 7.42. The average Bonchev–Trinajstić information content (AvgIpc) is 2.80. The Morgan fingerprint density at radius 3 is 2.59 bits per heavy atom. The Labute approximate surface area is 107 Å². The first-order chi connectivity index (χ1) is 8.15. The molecule has 0 radical (unpaired) electrons. The molecule has 0 aromatic heterocycles. The van der Waals surface area contributed by atoms with Gasteiger partial charge in [0.05, 0.1) is 6.04 Å². The highest BCUT2D eigenvalue weighted by molar-refractivity contribution is 5.86. The van der Waals surface area contributed by atoms with Crippen molar-refractivity contribution in [2.75, 3.05) is 6.54 Å². The van der Waals surface area contributed by atoms with Gasteiger partial charge in [-0.05, 0) is 38.1 Å². The van der Waals surface area contributed by atoms with Crippen LogP contribution in [0.2, 0.25) is 0 Å². The summed E-state index contributed by atoms with van der Waals surface area (Å²) < 4.78 is 0. The number of ketones is 1. The molecule has 0 aliphatic carbocycles. The van der Waals surface area contributed by atoms with Gasteiger partial charge in [0.1, 0.15) is 0 Å². The van der Waals surface area contributed by atoms with Crippen LogP contribution in [0.1, 0.15) is 65.7 Å². The molecular weight excluding hydrogens is 210 g/mol. The first-order valence-corrected chi connectivity index (χ1v) is 7.42. The highest BCUT2D eigenvalue weighted by Crippen LogP contribution is 2.22. The molecule has 0 amide bonds. The van der Waals surface area contributed by atoms with Crippen LogP contribution >= 0.6 is 0 Å². The second-order valence-corrected chi connectivity index (χ2v) is 5.86. The molecule has 1 fully saturated rings. The summed E-state index contributed by atoms with van der Waals surface area (Å²) in [7, 11) is 0. The van der Waals surface area contributed by atoms with Gasteiger partial charge in [-0.3, -0.25) is 4.79 Å². The zero-order chi connectivity index (χ0) is 12.7. The highest BCUT2D eigenvalue weighted by Gasteiger charge is 2.27. The molecule has 2 unspecified atom stereocenters. The van der Waals surface area contributed by atoms with Crippen LogP contribution in [0.25, 0.3) is 0 Å². The third kappa shape index (κ3) is 5.20. The standard InChI is InChI=1S/C15H29NO/c1-4-7-13(9-5-8-12(2)3)15(17)14-10-6-11-16-14/h12-14,16H,4-11H2,1-3H3. The molecule has 0 aromatic carbocycles. The van der Waals surface area contributed by atoms with Gasteiger partial charge in [-0.15, -0.1) is 0 Å². The molecule has 2 nitrogen and oxygen atoms in total. The van der Waals surface area contributed by atoms with Gasteiger partial charge in [-0.1, -0.05) is 40.0 Å². The third-order valence-electron chi connectivity index (χ3n) is 3.78. The van der Waals surface area contributed by atoms with E-state index >= 15 is 0 Å². The topological polar surface area (TPSA) is 29.1 Å². The van der Waals surface area contributed by atoms with Crippen molar-refractivity contribution in [3.63, 3.8) is 0 Å². The maximum Gasteiger partial charge on any atom is 0.152 e. The largest absolute Gasteiger partial charge is 0.307 e. The van der Waals surface area contributed by atoms with E-state index in [0.29, 0.717) is 11.7 Å². The van der Waals surface area contributed by atoms with Crippen LogP contribution in [-0.2, 0) is 4.79 Å². The van der Waals surface area contributed by atoms with Crippen molar-refractivity contribution in [3.05, 3.63) is 0 Å². The van der Waals surface area contributed by atoms with Gasteiger partial charge in [0.15, 0.2) is 5.78 Å². The number of Topliss-reactive ketones (excluding diaryl/α,β-unsaturated/α-hetero) is 1. The lowest BCUT2D eigenvalue weighted by molar-refractivity contribution is -0.125. The van der Waals surface area contributed by atoms with E-state index in [9.17, 15) is 4.79 Å². The summed E-state index contributed by atoms with van der Waals surface area (Å²) in [6.45, 7) is 7.73. The van der Waals surface area contributed by atoms with E-state index in [1.807, 2.05) is 0 Å². The van der Waals surface area contributed by atoms with Crippen molar-refractivity contribution in [3.8, 4) is 0 Å². The normalized spacial score (nSPS) is 22.0. The number of hydrogen-bond acceptors (Lipinski definition) is 2. The number of rotatable bonds is 8. The zero-order valence-electron chi connectivity index (χ0n) is 11.8. The quantitative estimate of drug-likeness (QED) is 0.702. The summed E-state index contributed by atoms with van der Waals surface area (Å²) in [4.78, 5) is 12.3. The minimum absolute atomic E-state index is 0.172. The lowest BCUT2D eigenvalue weighted by atomic mass is 9.87. The Bertz CT molecular complexity index is 219. The van der Waals surface area contributed by atoms with Crippen LogP contribution in [0.3, 0.4) is 0 Å². The molecule has 2 heteroatoms. The summed E-state index contributed by atoms with van der Waals surface area (Å²) in [5.41, 5.74) is 0. The molecule has 1 heterocycles. The van der Waals surface area contributed by atoms with Crippen LogP contribution in [-0.4, -0.2) is 18.4 Å². The van der Waals surface area contributed by atoms with Crippen LogP contribution in [0.5, 0.6) is 0 Å². The van der Waals surface area contributed by atoms with Gasteiger partial charge in [0.25, 0.3) is 0 Å². The third-order valence-corrected chi connectivity index (χ3v) is 3.78. The number of hydrogen-bond donors (Lipinski definition) is 1. The SMILES string of the molecule is CCCC(CCCC(C)C)C(=O)C1CCCN1. The molecule has 1 aliphatic heterocycles. The van der Waals surface area contributed by atoms with Gasteiger partial charge < -0.3 is 5.32 Å². The fourth-order valence-corrected chi connectivity index (χ4v) is 2.76. The second-order valence-electron chi connectivity index (χ2n) is 5.86. The van der Waals surface area contributed by atoms with E-state index in [1.165, 1.54) is 19.3 Å².